The topological polar surface area (TPSA) is 52.7 Å². The summed E-state index contributed by atoms with van der Waals surface area (Å²) in [5.41, 5.74) is 2.80. The molecule has 0 spiro atoms. The van der Waals surface area contributed by atoms with Crippen LogP contribution in [0.3, 0.4) is 0 Å². The zero-order valence-corrected chi connectivity index (χ0v) is 18.7. The van der Waals surface area contributed by atoms with Crippen molar-refractivity contribution in [2.24, 2.45) is 0 Å². The Hall–Kier alpha value is -2.53. The molecular weight excluding hydrogens is 398 g/mol. The molecule has 0 aliphatic carbocycles. The number of carbonyl (C=O) groups excluding carboxylic acids is 2. The zero-order valence-electron chi connectivity index (χ0n) is 18.0. The van der Waals surface area contributed by atoms with E-state index in [2.05, 4.69) is 38.2 Å². The van der Waals surface area contributed by atoms with Gasteiger partial charge in [0.1, 0.15) is 0 Å². The van der Waals surface area contributed by atoms with Crippen molar-refractivity contribution in [2.45, 2.75) is 32.6 Å². The van der Waals surface area contributed by atoms with Gasteiger partial charge in [-0.3, -0.25) is 4.79 Å². The number of amides is 3. The molecule has 1 heterocycles. The van der Waals surface area contributed by atoms with Crippen LogP contribution >= 0.6 is 11.6 Å². The summed E-state index contributed by atoms with van der Waals surface area (Å²) in [5, 5.41) is 3.55. The molecule has 0 saturated carbocycles. The first-order valence-electron chi connectivity index (χ1n) is 10.4. The molecule has 6 heteroatoms. The second-order valence-electron chi connectivity index (χ2n) is 8.47. The summed E-state index contributed by atoms with van der Waals surface area (Å²) in [7, 11) is 0. The van der Waals surface area contributed by atoms with Gasteiger partial charge in [0.2, 0.25) is 0 Å². The molecule has 0 aromatic heterocycles. The van der Waals surface area contributed by atoms with Crippen molar-refractivity contribution in [3.8, 4) is 0 Å². The highest BCUT2D eigenvalue weighted by Crippen LogP contribution is 2.25. The third-order valence-electron chi connectivity index (χ3n) is 5.73. The third-order valence-corrected chi connectivity index (χ3v) is 6.06. The quantitative estimate of drug-likeness (QED) is 0.781. The maximum absolute atomic E-state index is 12.8. The fourth-order valence-corrected chi connectivity index (χ4v) is 4.18. The van der Waals surface area contributed by atoms with Gasteiger partial charge in [0.05, 0.1) is 10.6 Å². The number of aryl methyl sites for hydroxylation is 1. The Kier molecular flexibility index (Phi) is 7.03. The summed E-state index contributed by atoms with van der Waals surface area (Å²) in [4.78, 5) is 29.2. The Morgan fingerprint density at radius 3 is 2.33 bits per heavy atom. The van der Waals surface area contributed by atoms with Crippen LogP contribution in [0, 0.1) is 6.92 Å². The van der Waals surface area contributed by atoms with Gasteiger partial charge >= 0.3 is 6.03 Å². The van der Waals surface area contributed by atoms with E-state index in [1.807, 2.05) is 24.3 Å². The maximum Gasteiger partial charge on any atom is 0.317 e. The summed E-state index contributed by atoms with van der Waals surface area (Å²) in [6.45, 7) is 9.18. The van der Waals surface area contributed by atoms with Crippen LogP contribution in [0.4, 0.5) is 4.79 Å². The molecule has 0 atom stereocenters. The Morgan fingerprint density at radius 2 is 1.60 bits per heavy atom. The smallest absolute Gasteiger partial charge is 0.317 e. The number of halogens is 1. The average molecular weight is 428 g/mol. The van der Waals surface area contributed by atoms with Crippen LogP contribution in [0.25, 0.3) is 0 Å². The highest BCUT2D eigenvalue weighted by atomic mass is 35.5. The van der Waals surface area contributed by atoms with Gasteiger partial charge in [0, 0.05) is 38.1 Å². The molecule has 30 heavy (non-hydrogen) atoms. The standard InChI is InChI=1S/C24H30ClN3O2/c1-18-9-4-6-11-20(18)24(2,3)17-26-23(30)28-14-8-13-27(15-16-28)22(29)19-10-5-7-12-21(19)25/h4-7,9-12H,8,13-17H2,1-3H3,(H,26,30). The lowest BCUT2D eigenvalue weighted by Gasteiger charge is -2.29. The fourth-order valence-electron chi connectivity index (χ4n) is 3.96. The molecule has 1 saturated heterocycles. The van der Waals surface area contributed by atoms with Crippen molar-refractivity contribution in [1.29, 1.82) is 0 Å². The van der Waals surface area contributed by atoms with E-state index in [4.69, 9.17) is 11.6 Å². The predicted molar refractivity (Wildman–Crippen MR) is 121 cm³/mol. The molecule has 160 valence electrons. The zero-order chi connectivity index (χ0) is 21.7. The highest BCUT2D eigenvalue weighted by molar-refractivity contribution is 6.33. The number of nitrogens with zero attached hydrogens (tertiary/aromatic N) is 2. The van der Waals surface area contributed by atoms with E-state index in [-0.39, 0.29) is 17.4 Å². The minimum Gasteiger partial charge on any atom is -0.337 e. The second-order valence-corrected chi connectivity index (χ2v) is 8.88. The predicted octanol–water partition coefficient (Wildman–Crippen LogP) is 4.48. The number of nitrogens with one attached hydrogen (secondary N) is 1. The van der Waals surface area contributed by atoms with Crippen molar-refractivity contribution < 1.29 is 9.59 Å². The van der Waals surface area contributed by atoms with Gasteiger partial charge in [-0.1, -0.05) is 61.8 Å². The number of rotatable bonds is 4. The Balaban J connectivity index is 1.57. The van der Waals surface area contributed by atoms with Gasteiger partial charge in [0.15, 0.2) is 0 Å². The molecule has 1 aliphatic rings. The van der Waals surface area contributed by atoms with E-state index in [0.717, 1.165) is 6.42 Å². The number of benzene rings is 2. The van der Waals surface area contributed by atoms with Crippen LogP contribution < -0.4 is 5.32 Å². The Labute approximate surface area is 184 Å². The summed E-state index contributed by atoms with van der Waals surface area (Å²) in [6.07, 6.45) is 0.741. The Bertz CT molecular complexity index is 913. The van der Waals surface area contributed by atoms with E-state index < -0.39 is 0 Å². The highest BCUT2D eigenvalue weighted by Gasteiger charge is 2.26. The van der Waals surface area contributed by atoms with Crippen molar-refractivity contribution >= 4 is 23.5 Å². The lowest BCUT2D eigenvalue weighted by atomic mass is 9.82. The normalized spacial score (nSPS) is 14.9. The molecule has 5 nitrogen and oxygen atoms in total. The average Bonchev–Trinajstić information content (AvgIpc) is 2.98. The van der Waals surface area contributed by atoms with E-state index >= 15 is 0 Å². The SMILES string of the molecule is Cc1ccccc1C(C)(C)CNC(=O)N1CCCN(C(=O)c2ccccc2Cl)CC1. The molecule has 1 aliphatic heterocycles. The number of hydrogen-bond acceptors (Lipinski definition) is 2. The van der Waals surface area contributed by atoms with Gasteiger partial charge in [-0.2, -0.15) is 0 Å². The van der Waals surface area contributed by atoms with E-state index in [1.54, 1.807) is 21.9 Å². The molecule has 1 fully saturated rings. The van der Waals surface area contributed by atoms with Crippen molar-refractivity contribution in [2.75, 3.05) is 32.7 Å². The summed E-state index contributed by atoms with van der Waals surface area (Å²) in [5.74, 6) is -0.0801. The molecule has 3 rings (SSSR count). The number of carbonyl (C=O) groups is 2. The summed E-state index contributed by atoms with van der Waals surface area (Å²) < 4.78 is 0. The Morgan fingerprint density at radius 1 is 0.967 bits per heavy atom. The minimum atomic E-state index is -0.168. The molecule has 2 aromatic rings. The van der Waals surface area contributed by atoms with Crippen LogP contribution in [0.2, 0.25) is 5.02 Å². The van der Waals surface area contributed by atoms with Gasteiger partial charge in [-0.25, -0.2) is 4.79 Å². The van der Waals surface area contributed by atoms with Crippen LogP contribution in [0.5, 0.6) is 0 Å². The van der Waals surface area contributed by atoms with Crippen molar-refractivity contribution in [3.05, 3.63) is 70.2 Å². The molecule has 1 N–H and O–H groups in total. The van der Waals surface area contributed by atoms with E-state index in [0.29, 0.717) is 43.3 Å². The van der Waals surface area contributed by atoms with Gasteiger partial charge in [-0.05, 0) is 36.6 Å². The van der Waals surface area contributed by atoms with Gasteiger partial charge in [-0.15, -0.1) is 0 Å². The summed E-state index contributed by atoms with van der Waals surface area (Å²) in [6, 6.07) is 15.3. The lowest BCUT2D eigenvalue weighted by molar-refractivity contribution is 0.0762. The molecular formula is C24H30ClN3O2. The summed E-state index contributed by atoms with van der Waals surface area (Å²) >= 11 is 6.18. The third kappa shape index (κ3) is 5.14. The largest absolute Gasteiger partial charge is 0.337 e. The molecule has 0 radical (unpaired) electrons. The molecule has 0 bridgehead atoms. The first kappa shape index (κ1) is 22.2. The maximum atomic E-state index is 12.8. The van der Waals surface area contributed by atoms with Crippen LogP contribution in [0.1, 0.15) is 41.8 Å². The van der Waals surface area contributed by atoms with Gasteiger partial charge in [0.25, 0.3) is 5.91 Å². The first-order valence-corrected chi connectivity index (χ1v) is 10.8. The number of urea groups is 1. The molecule has 0 unspecified atom stereocenters. The van der Waals surface area contributed by atoms with Crippen molar-refractivity contribution in [3.63, 3.8) is 0 Å². The second kappa shape index (κ2) is 9.52. The minimum absolute atomic E-state index is 0.0799. The van der Waals surface area contributed by atoms with Crippen LogP contribution in [0.15, 0.2) is 48.5 Å². The molecule has 3 amide bonds. The van der Waals surface area contributed by atoms with Crippen LogP contribution in [-0.4, -0.2) is 54.5 Å². The fraction of sp³-hybridized carbons (Fsp3) is 0.417. The first-order chi connectivity index (χ1) is 14.3. The lowest BCUT2D eigenvalue weighted by Crippen LogP contribution is -2.46. The number of hydrogen-bond donors (Lipinski definition) is 1. The van der Waals surface area contributed by atoms with E-state index in [1.165, 1.54) is 11.1 Å². The van der Waals surface area contributed by atoms with E-state index in [9.17, 15) is 9.59 Å². The van der Waals surface area contributed by atoms with Crippen LogP contribution in [-0.2, 0) is 5.41 Å². The van der Waals surface area contributed by atoms with Crippen molar-refractivity contribution in [1.82, 2.24) is 15.1 Å². The molecule has 2 aromatic carbocycles. The van der Waals surface area contributed by atoms with Gasteiger partial charge < -0.3 is 15.1 Å². The monoisotopic (exact) mass is 427 g/mol.